The van der Waals surface area contributed by atoms with Crippen LogP contribution < -0.4 is 15.4 Å². The maximum Gasteiger partial charge on any atom is 0.220 e. The van der Waals surface area contributed by atoms with Crippen molar-refractivity contribution in [1.82, 2.24) is 10.6 Å². The molecule has 0 spiro atoms. The molecule has 2 atom stereocenters. The fourth-order valence-electron chi connectivity index (χ4n) is 3.39. The number of carbonyl (C=O) groups is 1. The van der Waals surface area contributed by atoms with E-state index in [1.807, 2.05) is 45.0 Å². The monoisotopic (exact) mass is 332 g/mol. The summed E-state index contributed by atoms with van der Waals surface area (Å²) in [5.74, 6) is 2.10. The van der Waals surface area contributed by atoms with Gasteiger partial charge in [0, 0.05) is 6.42 Å². The fraction of sp³-hybridized carbons (Fsp3) is 0.650. The smallest absolute Gasteiger partial charge is 0.220 e. The van der Waals surface area contributed by atoms with Crippen LogP contribution in [0.2, 0.25) is 0 Å². The third kappa shape index (κ3) is 5.82. The van der Waals surface area contributed by atoms with Gasteiger partial charge in [-0.25, -0.2) is 0 Å². The molecule has 0 aromatic heterocycles. The number of benzene rings is 1. The van der Waals surface area contributed by atoms with Crippen molar-refractivity contribution in [3.63, 3.8) is 0 Å². The van der Waals surface area contributed by atoms with Crippen molar-refractivity contribution in [2.75, 3.05) is 13.1 Å². The molecule has 2 N–H and O–H groups in total. The summed E-state index contributed by atoms with van der Waals surface area (Å²) in [4.78, 5) is 12.4. The van der Waals surface area contributed by atoms with Gasteiger partial charge in [0.15, 0.2) is 0 Å². The number of ether oxygens (including phenoxy) is 1. The van der Waals surface area contributed by atoms with Gasteiger partial charge in [0.2, 0.25) is 5.91 Å². The summed E-state index contributed by atoms with van der Waals surface area (Å²) in [6.07, 6.45) is 3.12. The Hall–Kier alpha value is -1.55. The highest BCUT2D eigenvalue weighted by Gasteiger charge is 2.22. The second kappa shape index (κ2) is 9.07. The van der Waals surface area contributed by atoms with Gasteiger partial charge in [0.1, 0.15) is 5.75 Å². The first-order chi connectivity index (χ1) is 11.5. The molecule has 1 aromatic rings. The van der Waals surface area contributed by atoms with Crippen LogP contribution in [0.15, 0.2) is 24.3 Å². The zero-order chi connectivity index (χ0) is 17.5. The largest absolute Gasteiger partial charge is 0.491 e. The lowest BCUT2D eigenvalue weighted by molar-refractivity contribution is -0.123. The molecule has 0 aliphatic carbocycles. The number of carbonyl (C=O) groups excluding carboxylic acids is 1. The highest BCUT2D eigenvalue weighted by Crippen LogP contribution is 2.25. The lowest BCUT2D eigenvalue weighted by Crippen LogP contribution is -2.34. The second-order valence-electron chi connectivity index (χ2n) is 7.30. The van der Waals surface area contributed by atoms with Gasteiger partial charge in [-0.1, -0.05) is 19.1 Å². The normalized spacial score (nSPS) is 18.2. The van der Waals surface area contributed by atoms with E-state index in [0.29, 0.717) is 18.3 Å². The Labute approximate surface area is 146 Å². The van der Waals surface area contributed by atoms with Crippen molar-refractivity contribution in [1.29, 1.82) is 0 Å². The minimum Gasteiger partial charge on any atom is -0.491 e. The van der Waals surface area contributed by atoms with E-state index in [2.05, 4.69) is 17.6 Å². The molecule has 1 aliphatic rings. The zero-order valence-electron chi connectivity index (χ0n) is 15.5. The van der Waals surface area contributed by atoms with Gasteiger partial charge in [-0.3, -0.25) is 4.79 Å². The SMILES string of the molecule is CC(C)Oc1cccc(C(C)NC(=O)CC(C)C2CCNCC2)c1. The molecule has 1 aliphatic heterocycles. The summed E-state index contributed by atoms with van der Waals surface area (Å²) < 4.78 is 5.74. The minimum absolute atomic E-state index is 0.00608. The molecule has 1 heterocycles. The Bertz CT molecular complexity index is 524. The molecule has 2 unspecified atom stereocenters. The molecule has 0 radical (unpaired) electrons. The molecule has 1 amide bonds. The highest BCUT2D eigenvalue weighted by atomic mass is 16.5. The van der Waals surface area contributed by atoms with E-state index in [9.17, 15) is 4.79 Å². The molecule has 4 nitrogen and oxygen atoms in total. The first-order valence-electron chi connectivity index (χ1n) is 9.22. The Morgan fingerprint density at radius 3 is 2.62 bits per heavy atom. The van der Waals surface area contributed by atoms with Crippen LogP contribution in [0.5, 0.6) is 5.75 Å². The molecule has 0 saturated carbocycles. The predicted molar refractivity (Wildman–Crippen MR) is 98.1 cm³/mol. The summed E-state index contributed by atoms with van der Waals surface area (Å²) in [5.41, 5.74) is 1.08. The van der Waals surface area contributed by atoms with Crippen molar-refractivity contribution >= 4 is 5.91 Å². The van der Waals surface area contributed by atoms with E-state index >= 15 is 0 Å². The molecule has 2 rings (SSSR count). The van der Waals surface area contributed by atoms with E-state index < -0.39 is 0 Å². The average molecular weight is 332 g/mol. The van der Waals surface area contributed by atoms with Crippen molar-refractivity contribution in [2.24, 2.45) is 11.8 Å². The second-order valence-corrected chi connectivity index (χ2v) is 7.30. The average Bonchev–Trinajstić information content (AvgIpc) is 2.55. The number of nitrogens with one attached hydrogen (secondary N) is 2. The van der Waals surface area contributed by atoms with Crippen LogP contribution >= 0.6 is 0 Å². The molecule has 134 valence electrons. The molecule has 4 heteroatoms. The molecular formula is C20H32N2O2. The van der Waals surface area contributed by atoms with Crippen LogP contribution in [-0.4, -0.2) is 25.1 Å². The van der Waals surface area contributed by atoms with Gasteiger partial charge in [0.05, 0.1) is 12.1 Å². The van der Waals surface area contributed by atoms with Crippen molar-refractivity contribution in [2.45, 2.75) is 59.1 Å². The summed E-state index contributed by atoms with van der Waals surface area (Å²) in [5, 5.41) is 6.52. The van der Waals surface area contributed by atoms with Crippen LogP contribution in [0.25, 0.3) is 0 Å². The number of rotatable bonds is 7. The number of hydrogen-bond donors (Lipinski definition) is 2. The summed E-state index contributed by atoms with van der Waals surface area (Å²) in [6, 6.07) is 7.98. The van der Waals surface area contributed by atoms with Gasteiger partial charge in [-0.2, -0.15) is 0 Å². The van der Waals surface area contributed by atoms with Crippen LogP contribution in [0, 0.1) is 11.8 Å². The lowest BCUT2D eigenvalue weighted by atomic mass is 9.84. The summed E-state index contributed by atoms with van der Waals surface area (Å²) >= 11 is 0. The molecule has 1 aromatic carbocycles. The molecular weight excluding hydrogens is 300 g/mol. The highest BCUT2D eigenvalue weighted by molar-refractivity contribution is 5.76. The molecule has 1 saturated heterocycles. The Morgan fingerprint density at radius 2 is 1.96 bits per heavy atom. The first-order valence-corrected chi connectivity index (χ1v) is 9.22. The zero-order valence-corrected chi connectivity index (χ0v) is 15.5. The lowest BCUT2D eigenvalue weighted by Gasteiger charge is -2.28. The van der Waals surface area contributed by atoms with Gasteiger partial charge in [-0.05, 0) is 76.2 Å². The van der Waals surface area contributed by atoms with Crippen LogP contribution in [0.3, 0.4) is 0 Å². The van der Waals surface area contributed by atoms with Crippen molar-refractivity contribution < 1.29 is 9.53 Å². The van der Waals surface area contributed by atoms with Gasteiger partial charge < -0.3 is 15.4 Å². The minimum atomic E-state index is -0.00608. The van der Waals surface area contributed by atoms with Crippen molar-refractivity contribution in [3.8, 4) is 5.75 Å². The van der Waals surface area contributed by atoms with Gasteiger partial charge >= 0.3 is 0 Å². The van der Waals surface area contributed by atoms with Crippen LogP contribution in [0.1, 0.15) is 58.6 Å². The topological polar surface area (TPSA) is 50.4 Å². The molecule has 24 heavy (non-hydrogen) atoms. The maximum absolute atomic E-state index is 12.4. The Kier molecular flexibility index (Phi) is 7.10. The third-order valence-corrected chi connectivity index (χ3v) is 4.80. The molecule has 0 bridgehead atoms. The Morgan fingerprint density at radius 1 is 1.25 bits per heavy atom. The third-order valence-electron chi connectivity index (χ3n) is 4.80. The van der Waals surface area contributed by atoms with Gasteiger partial charge in [-0.15, -0.1) is 0 Å². The molecule has 1 fully saturated rings. The van der Waals surface area contributed by atoms with Crippen LogP contribution in [0.4, 0.5) is 0 Å². The fourth-order valence-corrected chi connectivity index (χ4v) is 3.39. The number of amides is 1. The standard InChI is InChI=1S/C20H32N2O2/c1-14(2)24-19-7-5-6-18(13-19)16(4)22-20(23)12-15(3)17-8-10-21-11-9-17/h5-7,13-17,21H,8-12H2,1-4H3,(H,22,23). The summed E-state index contributed by atoms with van der Waals surface area (Å²) in [6.45, 7) is 10.4. The maximum atomic E-state index is 12.4. The van der Waals surface area contributed by atoms with E-state index in [-0.39, 0.29) is 18.1 Å². The van der Waals surface area contributed by atoms with Crippen molar-refractivity contribution in [3.05, 3.63) is 29.8 Å². The Balaban J connectivity index is 1.86. The predicted octanol–water partition coefficient (Wildman–Crippen LogP) is 3.68. The first kappa shape index (κ1) is 18.8. The quantitative estimate of drug-likeness (QED) is 0.801. The number of hydrogen-bond acceptors (Lipinski definition) is 3. The summed E-state index contributed by atoms with van der Waals surface area (Å²) in [7, 11) is 0. The van der Waals surface area contributed by atoms with E-state index in [1.165, 1.54) is 12.8 Å². The van der Waals surface area contributed by atoms with E-state index in [0.717, 1.165) is 24.4 Å². The van der Waals surface area contributed by atoms with Gasteiger partial charge in [0.25, 0.3) is 0 Å². The van der Waals surface area contributed by atoms with E-state index in [1.54, 1.807) is 0 Å². The van der Waals surface area contributed by atoms with E-state index in [4.69, 9.17) is 4.74 Å². The van der Waals surface area contributed by atoms with Crippen LogP contribution in [-0.2, 0) is 4.79 Å². The number of piperidine rings is 1.